The van der Waals surface area contributed by atoms with Crippen molar-refractivity contribution in [3.63, 3.8) is 0 Å². The molecule has 1 N–H and O–H groups in total. The highest BCUT2D eigenvalue weighted by molar-refractivity contribution is 5.95. The highest BCUT2D eigenvalue weighted by Crippen LogP contribution is 2.29. The molecule has 7 heteroatoms. The predicted molar refractivity (Wildman–Crippen MR) is 112 cm³/mol. The van der Waals surface area contributed by atoms with Crippen LogP contribution >= 0.6 is 0 Å². The van der Waals surface area contributed by atoms with Gasteiger partial charge in [-0.25, -0.2) is 15.0 Å². The number of nitrogens with zero attached hydrogens (tertiary/aromatic N) is 5. The molecule has 2 aliphatic rings. The Labute approximate surface area is 170 Å². The number of rotatable bonds is 4. The van der Waals surface area contributed by atoms with Crippen LogP contribution < -0.4 is 10.2 Å². The number of hydrogen-bond acceptors (Lipinski definition) is 5. The molecule has 1 aliphatic heterocycles. The average molecular weight is 390 g/mol. The molecule has 1 saturated carbocycles. The minimum absolute atomic E-state index is 0.0178. The lowest BCUT2D eigenvalue weighted by Gasteiger charge is -2.31. The molecule has 1 amide bonds. The fourth-order valence-corrected chi connectivity index (χ4v) is 4.12. The van der Waals surface area contributed by atoms with E-state index in [0.29, 0.717) is 17.5 Å². The van der Waals surface area contributed by atoms with Crippen LogP contribution in [0.2, 0.25) is 0 Å². The quantitative estimate of drug-likeness (QED) is 0.740. The monoisotopic (exact) mass is 390 g/mol. The van der Waals surface area contributed by atoms with Gasteiger partial charge in [-0.05, 0) is 56.2 Å². The predicted octanol–water partition coefficient (Wildman–Crippen LogP) is 3.25. The van der Waals surface area contributed by atoms with Gasteiger partial charge in [0.15, 0.2) is 17.0 Å². The normalized spacial score (nSPS) is 19.5. The van der Waals surface area contributed by atoms with Crippen molar-refractivity contribution >= 4 is 22.9 Å². The van der Waals surface area contributed by atoms with Gasteiger partial charge in [-0.3, -0.25) is 9.36 Å². The fourth-order valence-electron chi connectivity index (χ4n) is 4.12. The molecule has 1 unspecified atom stereocenters. The number of imidazole rings is 1. The SMILES string of the molecule is Cc1ccc(C(=O)NC2CC2)cc1-n1cnc2c(N3CCCC(C)C3)ncnc21. The Balaban J connectivity index is 1.54. The molecule has 5 rings (SSSR count). The first-order valence-electron chi connectivity index (χ1n) is 10.4. The van der Waals surface area contributed by atoms with Crippen LogP contribution in [-0.2, 0) is 0 Å². The van der Waals surface area contributed by atoms with Gasteiger partial charge in [0.1, 0.15) is 12.7 Å². The average Bonchev–Trinajstić information content (AvgIpc) is 3.43. The molecule has 0 bridgehead atoms. The second kappa shape index (κ2) is 7.13. The molecular formula is C22H26N6O. The lowest BCUT2D eigenvalue weighted by Crippen LogP contribution is -2.35. The first kappa shape index (κ1) is 18.1. The van der Waals surface area contributed by atoms with E-state index in [0.717, 1.165) is 54.2 Å². The largest absolute Gasteiger partial charge is 0.354 e. The van der Waals surface area contributed by atoms with Crippen molar-refractivity contribution in [1.82, 2.24) is 24.8 Å². The summed E-state index contributed by atoms with van der Waals surface area (Å²) >= 11 is 0. The molecule has 1 aliphatic carbocycles. The summed E-state index contributed by atoms with van der Waals surface area (Å²) in [6.07, 6.45) is 7.99. The maximum Gasteiger partial charge on any atom is 0.251 e. The number of anilines is 1. The van der Waals surface area contributed by atoms with Crippen LogP contribution in [0.5, 0.6) is 0 Å². The summed E-state index contributed by atoms with van der Waals surface area (Å²) in [6.45, 7) is 6.32. The number of benzene rings is 1. The van der Waals surface area contributed by atoms with Gasteiger partial charge in [0, 0.05) is 24.7 Å². The Kier molecular flexibility index (Phi) is 4.45. The fraction of sp³-hybridized carbons (Fsp3) is 0.455. The Morgan fingerprint density at radius 1 is 1.17 bits per heavy atom. The van der Waals surface area contributed by atoms with Gasteiger partial charge < -0.3 is 10.2 Å². The molecule has 7 nitrogen and oxygen atoms in total. The van der Waals surface area contributed by atoms with Crippen molar-refractivity contribution in [2.45, 2.75) is 45.6 Å². The number of nitrogens with one attached hydrogen (secondary N) is 1. The maximum absolute atomic E-state index is 12.5. The molecule has 2 aromatic heterocycles. The molecule has 0 radical (unpaired) electrons. The van der Waals surface area contributed by atoms with Crippen molar-refractivity contribution in [2.24, 2.45) is 5.92 Å². The Bertz CT molecular complexity index is 1070. The van der Waals surface area contributed by atoms with E-state index in [1.54, 1.807) is 12.7 Å². The second-order valence-corrected chi connectivity index (χ2v) is 8.43. The molecule has 1 aromatic carbocycles. The lowest BCUT2D eigenvalue weighted by molar-refractivity contribution is 0.0951. The van der Waals surface area contributed by atoms with Crippen molar-refractivity contribution < 1.29 is 4.79 Å². The van der Waals surface area contributed by atoms with Gasteiger partial charge in [0.2, 0.25) is 0 Å². The van der Waals surface area contributed by atoms with E-state index in [-0.39, 0.29) is 5.91 Å². The number of carbonyl (C=O) groups excluding carboxylic acids is 1. The number of aryl methyl sites for hydroxylation is 1. The Morgan fingerprint density at radius 2 is 2.03 bits per heavy atom. The van der Waals surface area contributed by atoms with E-state index >= 15 is 0 Å². The number of hydrogen-bond donors (Lipinski definition) is 1. The molecule has 29 heavy (non-hydrogen) atoms. The molecule has 150 valence electrons. The second-order valence-electron chi connectivity index (χ2n) is 8.43. The molecule has 3 heterocycles. The summed E-state index contributed by atoms with van der Waals surface area (Å²) in [5, 5.41) is 3.06. The third kappa shape index (κ3) is 3.45. The van der Waals surface area contributed by atoms with E-state index in [9.17, 15) is 4.79 Å². The minimum atomic E-state index is -0.0178. The highest BCUT2D eigenvalue weighted by atomic mass is 16.1. The van der Waals surface area contributed by atoms with Crippen LogP contribution in [0.25, 0.3) is 16.9 Å². The van der Waals surface area contributed by atoms with Crippen LogP contribution in [0.3, 0.4) is 0 Å². The topological polar surface area (TPSA) is 75.9 Å². The van der Waals surface area contributed by atoms with Gasteiger partial charge in [-0.15, -0.1) is 0 Å². The number of amides is 1. The number of carbonyl (C=O) groups is 1. The van der Waals surface area contributed by atoms with Crippen LogP contribution in [0.1, 0.15) is 48.5 Å². The number of fused-ring (bicyclic) bond motifs is 1. The van der Waals surface area contributed by atoms with Gasteiger partial charge in [0.25, 0.3) is 5.91 Å². The van der Waals surface area contributed by atoms with E-state index in [1.165, 1.54) is 12.8 Å². The summed E-state index contributed by atoms with van der Waals surface area (Å²) < 4.78 is 1.97. The van der Waals surface area contributed by atoms with Gasteiger partial charge in [0.05, 0.1) is 5.69 Å². The number of aromatic nitrogens is 4. The van der Waals surface area contributed by atoms with Crippen molar-refractivity contribution in [1.29, 1.82) is 0 Å². The van der Waals surface area contributed by atoms with Crippen molar-refractivity contribution in [3.05, 3.63) is 42.0 Å². The van der Waals surface area contributed by atoms with Crippen LogP contribution in [0.4, 0.5) is 5.82 Å². The van der Waals surface area contributed by atoms with E-state index < -0.39 is 0 Å². The summed E-state index contributed by atoms with van der Waals surface area (Å²) in [5.74, 6) is 1.54. The zero-order valence-electron chi connectivity index (χ0n) is 16.9. The van der Waals surface area contributed by atoms with E-state index in [4.69, 9.17) is 0 Å². The standard InChI is InChI=1S/C22H26N6O/c1-14-4-3-9-27(11-14)20-19-21(24-12-23-20)28(13-25-19)18-10-16(6-5-15(18)2)22(29)26-17-7-8-17/h5-6,10,12-14,17H,3-4,7-9,11H2,1-2H3,(H,26,29). The third-order valence-corrected chi connectivity index (χ3v) is 5.91. The lowest BCUT2D eigenvalue weighted by atomic mass is 10.0. The van der Waals surface area contributed by atoms with Crippen molar-refractivity contribution in [2.75, 3.05) is 18.0 Å². The first-order chi connectivity index (χ1) is 14.1. The van der Waals surface area contributed by atoms with E-state index in [1.807, 2.05) is 29.7 Å². The first-order valence-corrected chi connectivity index (χ1v) is 10.4. The zero-order valence-corrected chi connectivity index (χ0v) is 16.9. The smallest absolute Gasteiger partial charge is 0.251 e. The number of piperidine rings is 1. The van der Waals surface area contributed by atoms with Gasteiger partial charge >= 0.3 is 0 Å². The Morgan fingerprint density at radius 3 is 2.83 bits per heavy atom. The highest BCUT2D eigenvalue weighted by Gasteiger charge is 2.25. The molecule has 2 fully saturated rings. The van der Waals surface area contributed by atoms with E-state index in [2.05, 4.69) is 32.1 Å². The molecule has 1 saturated heterocycles. The Hall–Kier alpha value is -2.96. The summed E-state index contributed by atoms with van der Waals surface area (Å²) in [7, 11) is 0. The van der Waals surface area contributed by atoms with Crippen molar-refractivity contribution in [3.8, 4) is 5.69 Å². The van der Waals surface area contributed by atoms with Crippen LogP contribution in [-0.4, -0.2) is 44.6 Å². The van der Waals surface area contributed by atoms with Crippen LogP contribution in [0, 0.1) is 12.8 Å². The summed E-state index contributed by atoms with van der Waals surface area (Å²) in [6, 6.07) is 6.13. The third-order valence-electron chi connectivity index (χ3n) is 5.91. The summed E-state index contributed by atoms with van der Waals surface area (Å²) in [4.78, 5) is 28.6. The molecule has 3 aromatic rings. The van der Waals surface area contributed by atoms with Gasteiger partial charge in [-0.1, -0.05) is 13.0 Å². The van der Waals surface area contributed by atoms with Gasteiger partial charge in [-0.2, -0.15) is 0 Å². The van der Waals surface area contributed by atoms with Crippen LogP contribution in [0.15, 0.2) is 30.9 Å². The summed E-state index contributed by atoms with van der Waals surface area (Å²) in [5.41, 5.74) is 4.25. The molecule has 1 atom stereocenters. The molecule has 0 spiro atoms. The maximum atomic E-state index is 12.5. The zero-order chi connectivity index (χ0) is 20.0. The molecular weight excluding hydrogens is 364 g/mol. The minimum Gasteiger partial charge on any atom is -0.354 e.